The Morgan fingerprint density at radius 3 is 2.64 bits per heavy atom. The highest BCUT2D eigenvalue weighted by atomic mass is 35.5. The first-order valence-corrected chi connectivity index (χ1v) is 7.02. The fraction of sp³-hybridized carbons (Fsp3) is 0.500. The first-order valence-electron chi connectivity index (χ1n) is 6.64. The number of aliphatic hydroxyl groups excluding tert-OH is 1. The van der Waals surface area contributed by atoms with Crippen molar-refractivity contribution in [2.24, 2.45) is 11.8 Å². The third-order valence-corrected chi connectivity index (χ3v) is 4.63. The Bertz CT molecular complexity index is 634. The largest absolute Gasteiger partial charge is 0.416 e. The second kappa shape index (κ2) is 5.00. The van der Waals surface area contributed by atoms with E-state index in [1.807, 2.05) is 0 Å². The van der Waals surface area contributed by atoms with E-state index in [1.54, 1.807) is 6.07 Å². The van der Waals surface area contributed by atoms with Crippen molar-refractivity contribution in [3.63, 3.8) is 0 Å². The average molecular weight is 335 g/mol. The van der Waals surface area contributed by atoms with Crippen LogP contribution in [0, 0.1) is 29.0 Å². The highest BCUT2D eigenvalue weighted by Crippen LogP contribution is 2.53. The molecule has 0 radical (unpaired) electrons. The van der Waals surface area contributed by atoms with E-state index >= 15 is 0 Å². The van der Waals surface area contributed by atoms with E-state index in [-0.39, 0.29) is 28.1 Å². The van der Waals surface area contributed by atoms with Crippen LogP contribution in [0.2, 0.25) is 5.02 Å². The molecular formula is C14H11ClF4N2O. The lowest BCUT2D eigenvalue weighted by Gasteiger charge is -2.34. The van der Waals surface area contributed by atoms with Crippen molar-refractivity contribution in [3.05, 3.63) is 28.5 Å². The number of nitrogens with zero attached hydrogens (tertiary/aromatic N) is 2. The second-order valence-corrected chi connectivity index (χ2v) is 6.09. The monoisotopic (exact) mass is 334 g/mol. The minimum Gasteiger partial charge on any atom is -0.382 e. The fourth-order valence-electron chi connectivity index (χ4n) is 3.21. The molecule has 0 spiro atoms. The highest BCUT2D eigenvalue weighted by Gasteiger charge is 2.60. The summed E-state index contributed by atoms with van der Waals surface area (Å²) in [7, 11) is 0. The molecule has 0 aromatic heterocycles. The van der Waals surface area contributed by atoms with E-state index in [2.05, 4.69) is 0 Å². The zero-order valence-corrected chi connectivity index (χ0v) is 11.9. The summed E-state index contributed by atoms with van der Waals surface area (Å²) in [6.45, 7) is 0.310. The van der Waals surface area contributed by atoms with Gasteiger partial charge in [-0.2, -0.15) is 18.4 Å². The SMILES string of the molecule is N#Cc1c(F)cc(N2C[C@H]3C[C@H]3[C@@H]2[C@H](O)C(F)(F)F)cc1Cl. The Morgan fingerprint density at radius 2 is 2.09 bits per heavy atom. The minimum atomic E-state index is -4.74. The van der Waals surface area contributed by atoms with Crippen molar-refractivity contribution in [2.45, 2.75) is 24.7 Å². The first kappa shape index (κ1) is 15.4. The van der Waals surface area contributed by atoms with Crippen LogP contribution in [0.25, 0.3) is 0 Å². The molecule has 22 heavy (non-hydrogen) atoms. The third kappa shape index (κ3) is 2.40. The molecule has 0 amide bonds. The second-order valence-electron chi connectivity index (χ2n) is 5.69. The number of alkyl halides is 3. The van der Waals surface area contributed by atoms with Gasteiger partial charge in [0.15, 0.2) is 6.10 Å². The summed E-state index contributed by atoms with van der Waals surface area (Å²) in [6.07, 6.45) is -6.61. The molecular weight excluding hydrogens is 324 g/mol. The molecule has 1 heterocycles. The van der Waals surface area contributed by atoms with Gasteiger partial charge in [0.25, 0.3) is 0 Å². The van der Waals surface area contributed by atoms with E-state index < -0.39 is 24.1 Å². The Kier molecular flexibility index (Phi) is 3.49. The lowest BCUT2D eigenvalue weighted by atomic mass is 10.0. The molecule has 8 heteroatoms. The van der Waals surface area contributed by atoms with E-state index in [1.165, 1.54) is 11.0 Å². The number of rotatable bonds is 2. The van der Waals surface area contributed by atoms with Gasteiger partial charge in [0.1, 0.15) is 17.4 Å². The van der Waals surface area contributed by atoms with Crippen LogP contribution in [0.1, 0.15) is 12.0 Å². The van der Waals surface area contributed by atoms with Crippen molar-refractivity contribution in [3.8, 4) is 6.07 Å². The quantitative estimate of drug-likeness (QED) is 0.845. The Labute approximate surface area is 128 Å². The van der Waals surface area contributed by atoms with Crippen molar-refractivity contribution in [2.75, 3.05) is 11.4 Å². The number of benzene rings is 1. The van der Waals surface area contributed by atoms with E-state index in [9.17, 15) is 22.7 Å². The van der Waals surface area contributed by atoms with E-state index in [0.717, 1.165) is 6.07 Å². The predicted molar refractivity (Wildman–Crippen MR) is 70.9 cm³/mol. The molecule has 1 aromatic carbocycles. The average Bonchev–Trinajstić information content (AvgIpc) is 3.07. The van der Waals surface area contributed by atoms with Crippen LogP contribution in [-0.2, 0) is 0 Å². The number of nitriles is 1. The maximum atomic E-state index is 13.8. The van der Waals surface area contributed by atoms with Gasteiger partial charge < -0.3 is 10.0 Å². The summed E-state index contributed by atoms with van der Waals surface area (Å²) in [6, 6.07) is 2.72. The van der Waals surface area contributed by atoms with Gasteiger partial charge in [0.05, 0.1) is 11.1 Å². The summed E-state index contributed by atoms with van der Waals surface area (Å²) in [4.78, 5) is 1.34. The summed E-state index contributed by atoms with van der Waals surface area (Å²) in [5.41, 5.74) is -0.190. The van der Waals surface area contributed by atoms with Crippen LogP contribution in [0.4, 0.5) is 23.2 Å². The van der Waals surface area contributed by atoms with Gasteiger partial charge in [-0.05, 0) is 30.4 Å². The number of hydrogen-bond acceptors (Lipinski definition) is 3. The Hall–Kier alpha value is -1.52. The topological polar surface area (TPSA) is 47.3 Å². The molecule has 1 N–H and O–H groups in total. The number of anilines is 1. The Morgan fingerprint density at radius 1 is 1.41 bits per heavy atom. The molecule has 1 saturated heterocycles. The number of aliphatic hydroxyl groups is 1. The smallest absolute Gasteiger partial charge is 0.382 e. The van der Waals surface area contributed by atoms with Gasteiger partial charge in [-0.1, -0.05) is 11.6 Å². The van der Waals surface area contributed by atoms with Crippen LogP contribution >= 0.6 is 11.6 Å². The standard InChI is InChI=1S/C14H11ClF4N2O/c15-10-2-7(3-11(16)9(10)4-20)21-5-6-1-8(6)12(21)13(22)14(17,18)19/h2-3,6,8,12-13,22H,1,5H2/t6-,8-,12-,13+/m1/s1. The first-order chi connectivity index (χ1) is 10.2. The molecule has 118 valence electrons. The van der Waals surface area contributed by atoms with Crippen LogP contribution in [0.15, 0.2) is 12.1 Å². The van der Waals surface area contributed by atoms with Crippen LogP contribution in [-0.4, -0.2) is 30.0 Å². The van der Waals surface area contributed by atoms with Crippen LogP contribution in [0.5, 0.6) is 0 Å². The van der Waals surface area contributed by atoms with E-state index in [0.29, 0.717) is 13.0 Å². The summed E-state index contributed by atoms with van der Waals surface area (Å²) < 4.78 is 52.3. The molecule has 1 aromatic rings. The van der Waals surface area contributed by atoms with Gasteiger partial charge in [-0.3, -0.25) is 0 Å². The molecule has 2 fully saturated rings. The molecule has 4 atom stereocenters. The predicted octanol–water partition coefficient (Wildman–Crippen LogP) is 3.10. The number of hydrogen-bond donors (Lipinski definition) is 1. The molecule has 1 aliphatic heterocycles. The highest BCUT2D eigenvalue weighted by molar-refractivity contribution is 6.32. The summed E-state index contributed by atoms with van der Waals surface area (Å²) in [5, 5.41) is 18.2. The van der Waals surface area contributed by atoms with Crippen molar-refractivity contribution in [1.29, 1.82) is 5.26 Å². The van der Waals surface area contributed by atoms with Gasteiger partial charge in [-0.25, -0.2) is 4.39 Å². The minimum absolute atomic E-state index is 0.0690. The molecule has 1 saturated carbocycles. The normalized spacial score (nSPS) is 28.2. The van der Waals surface area contributed by atoms with Crippen molar-refractivity contribution < 1.29 is 22.7 Å². The molecule has 3 rings (SSSR count). The molecule has 3 nitrogen and oxygen atoms in total. The number of halogens is 5. The molecule has 0 unspecified atom stereocenters. The molecule has 2 aliphatic rings. The zero-order valence-electron chi connectivity index (χ0n) is 11.1. The third-order valence-electron chi connectivity index (χ3n) is 4.34. The lowest BCUT2D eigenvalue weighted by Crippen LogP contribution is -2.49. The number of fused-ring (bicyclic) bond motifs is 1. The van der Waals surface area contributed by atoms with E-state index in [4.69, 9.17) is 16.9 Å². The fourth-order valence-corrected chi connectivity index (χ4v) is 3.46. The van der Waals surface area contributed by atoms with Gasteiger partial charge in [0.2, 0.25) is 0 Å². The maximum absolute atomic E-state index is 13.8. The number of piperidine rings is 1. The molecule has 0 bridgehead atoms. The Balaban J connectivity index is 1.96. The van der Waals surface area contributed by atoms with Gasteiger partial charge >= 0.3 is 6.18 Å². The van der Waals surface area contributed by atoms with Gasteiger partial charge in [0, 0.05) is 12.2 Å². The van der Waals surface area contributed by atoms with Crippen molar-refractivity contribution >= 4 is 17.3 Å². The summed E-state index contributed by atoms with van der Waals surface area (Å²) >= 11 is 5.80. The maximum Gasteiger partial charge on any atom is 0.416 e. The van der Waals surface area contributed by atoms with Crippen LogP contribution in [0.3, 0.4) is 0 Å². The van der Waals surface area contributed by atoms with Crippen molar-refractivity contribution in [1.82, 2.24) is 0 Å². The van der Waals surface area contributed by atoms with Crippen LogP contribution < -0.4 is 4.90 Å². The lowest BCUT2D eigenvalue weighted by molar-refractivity contribution is -0.210. The zero-order chi connectivity index (χ0) is 16.2. The molecule has 1 aliphatic carbocycles. The van der Waals surface area contributed by atoms with Gasteiger partial charge in [-0.15, -0.1) is 0 Å². The summed E-state index contributed by atoms with van der Waals surface area (Å²) in [5.74, 6) is -1.07.